The summed E-state index contributed by atoms with van der Waals surface area (Å²) in [5.74, 6) is -2.75. The van der Waals surface area contributed by atoms with Crippen molar-refractivity contribution in [2.45, 2.75) is 32.7 Å². The van der Waals surface area contributed by atoms with Gasteiger partial charge in [0.2, 0.25) is 0 Å². The number of nitrogens with one attached hydrogen (secondary N) is 2. The van der Waals surface area contributed by atoms with Gasteiger partial charge in [0.15, 0.2) is 11.5 Å². The molecule has 0 saturated carbocycles. The van der Waals surface area contributed by atoms with Crippen molar-refractivity contribution in [3.8, 4) is 5.75 Å². The Kier molecular flexibility index (Phi) is 7.87. The van der Waals surface area contributed by atoms with Gasteiger partial charge in [0, 0.05) is 20.5 Å². The summed E-state index contributed by atoms with van der Waals surface area (Å²) < 4.78 is 27.4. The minimum absolute atomic E-state index is 0.00183. The number of hydrogen-bond donors (Lipinski definition) is 3. The zero-order valence-corrected chi connectivity index (χ0v) is 20.3. The average molecular weight is 500 g/mol. The van der Waals surface area contributed by atoms with Crippen molar-refractivity contribution in [2.24, 2.45) is 5.92 Å². The molecule has 3 N–H and O–H groups in total. The predicted molar refractivity (Wildman–Crippen MR) is 133 cm³/mol. The highest BCUT2D eigenvalue weighted by atomic mass is 19.1. The summed E-state index contributed by atoms with van der Waals surface area (Å²) in [6, 6.07) is 6.47. The van der Waals surface area contributed by atoms with Crippen molar-refractivity contribution in [3.63, 3.8) is 0 Å². The number of nitrogens with zero attached hydrogens (tertiary/aromatic N) is 1. The van der Waals surface area contributed by atoms with Gasteiger partial charge in [-0.05, 0) is 48.2 Å². The fourth-order valence-electron chi connectivity index (χ4n) is 3.76. The Labute approximate surface area is 206 Å². The minimum Gasteiger partial charge on any atom is -0.505 e. The summed E-state index contributed by atoms with van der Waals surface area (Å²) in [6.07, 6.45) is -0.158. The molecule has 0 aliphatic heterocycles. The van der Waals surface area contributed by atoms with Crippen molar-refractivity contribution < 1.29 is 23.5 Å². The molecule has 8 nitrogen and oxygen atoms in total. The van der Waals surface area contributed by atoms with Gasteiger partial charge in [-0.1, -0.05) is 19.9 Å². The predicted octanol–water partition coefficient (Wildman–Crippen LogP) is 3.35. The number of Topliss-reactive ketones (excluding diaryl/α,β-unsaturated/α-hetero) is 1. The lowest BCUT2D eigenvalue weighted by Gasteiger charge is -2.25. The molecular weight excluding hydrogens is 472 g/mol. The Balaban J connectivity index is 1.81. The Morgan fingerprint density at radius 1 is 1.03 bits per heavy atom. The minimum atomic E-state index is -0.888. The van der Waals surface area contributed by atoms with Gasteiger partial charge in [-0.2, -0.15) is 0 Å². The van der Waals surface area contributed by atoms with Crippen LogP contribution in [0.2, 0.25) is 0 Å². The Bertz CT molecular complexity index is 1380. The molecule has 0 spiro atoms. The normalized spacial score (nSPS) is 12.0. The van der Waals surface area contributed by atoms with E-state index in [1.54, 1.807) is 13.8 Å². The van der Waals surface area contributed by atoms with Gasteiger partial charge in [-0.15, -0.1) is 0 Å². The lowest BCUT2D eigenvalue weighted by molar-refractivity contribution is -0.120. The maximum Gasteiger partial charge on any atom is 0.257 e. The summed E-state index contributed by atoms with van der Waals surface area (Å²) in [5.41, 5.74) is -1.88. The number of anilines is 3. The van der Waals surface area contributed by atoms with Gasteiger partial charge in [0.25, 0.3) is 16.8 Å². The van der Waals surface area contributed by atoms with Gasteiger partial charge in [0.05, 0.1) is 17.3 Å². The lowest BCUT2D eigenvalue weighted by atomic mass is 9.94. The number of hydrogen-bond acceptors (Lipinski definition) is 7. The van der Waals surface area contributed by atoms with Crippen LogP contribution in [0.4, 0.5) is 25.8 Å². The number of amides is 1. The third kappa shape index (κ3) is 5.42. The molecule has 0 unspecified atom stereocenters. The number of phenols is 1. The van der Waals surface area contributed by atoms with E-state index >= 15 is 0 Å². The number of aromatic hydroxyl groups is 1. The van der Waals surface area contributed by atoms with Crippen molar-refractivity contribution in [3.05, 3.63) is 79.6 Å². The third-order valence-corrected chi connectivity index (χ3v) is 5.80. The summed E-state index contributed by atoms with van der Waals surface area (Å²) in [7, 11) is 3.04. The second-order valence-electron chi connectivity index (χ2n) is 9.00. The number of aryl methyl sites for hydroxylation is 1. The van der Waals surface area contributed by atoms with Crippen LogP contribution in [0.3, 0.4) is 0 Å². The first-order valence-electron chi connectivity index (χ1n) is 11.3. The SMILES string of the molecule is CC(C)[C@@H](Nc1c(Nc2cccc(C(=O)N(C)C)c2O)c(=O)c1=O)C(=O)CCc1cc(F)ccc1F. The number of para-hydroxylation sites is 1. The molecule has 3 aromatic rings. The zero-order chi connectivity index (χ0) is 26.7. The number of carbonyl (C=O) groups excluding carboxylic acids is 2. The molecule has 3 aromatic carbocycles. The van der Waals surface area contributed by atoms with Crippen LogP contribution in [0.15, 0.2) is 46.0 Å². The molecule has 0 aromatic heterocycles. The molecule has 0 bridgehead atoms. The van der Waals surface area contributed by atoms with Crippen LogP contribution < -0.4 is 21.5 Å². The van der Waals surface area contributed by atoms with Crippen LogP contribution in [0, 0.1) is 17.6 Å². The molecule has 1 amide bonds. The number of halogens is 2. The molecule has 36 heavy (non-hydrogen) atoms. The third-order valence-electron chi connectivity index (χ3n) is 5.80. The highest BCUT2D eigenvalue weighted by Gasteiger charge is 2.29. The first-order valence-corrected chi connectivity index (χ1v) is 11.3. The number of ketones is 1. The zero-order valence-electron chi connectivity index (χ0n) is 20.3. The first kappa shape index (κ1) is 26.5. The van der Waals surface area contributed by atoms with Crippen LogP contribution in [0.5, 0.6) is 5.75 Å². The number of carbonyl (C=O) groups is 2. The van der Waals surface area contributed by atoms with Crippen molar-refractivity contribution in [1.82, 2.24) is 4.90 Å². The van der Waals surface area contributed by atoms with Gasteiger partial charge < -0.3 is 20.6 Å². The molecule has 0 saturated heterocycles. The summed E-state index contributed by atoms with van der Waals surface area (Å²) in [5, 5.41) is 16.0. The molecule has 190 valence electrons. The molecule has 0 aliphatic carbocycles. The van der Waals surface area contributed by atoms with E-state index in [0.717, 1.165) is 18.2 Å². The van der Waals surface area contributed by atoms with Crippen LogP contribution in [-0.2, 0) is 11.2 Å². The highest BCUT2D eigenvalue weighted by Crippen LogP contribution is 2.32. The largest absolute Gasteiger partial charge is 0.505 e. The Hall–Kier alpha value is -4.08. The molecule has 0 heterocycles. The van der Waals surface area contributed by atoms with Gasteiger partial charge in [0.1, 0.15) is 23.0 Å². The smallest absolute Gasteiger partial charge is 0.257 e. The molecule has 10 heteroatoms. The van der Waals surface area contributed by atoms with E-state index in [4.69, 9.17) is 0 Å². The Morgan fingerprint density at radius 3 is 2.33 bits per heavy atom. The van der Waals surface area contributed by atoms with E-state index < -0.39 is 40.2 Å². The second-order valence-corrected chi connectivity index (χ2v) is 9.00. The van der Waals surface area contributed by atoms with Crippen LogP contribution in [-0.4, -0.2) is 41.8 Å². The molecular formula is C26H27F2N3O5. The number of phenolic OH excluding ortho intramolecular Hbond substituents is 1. The van der Waals surface area contributed by atoms with Crippen LogP contribution >= 0.6 is 0 Å². The van der Waals surface area contributed by atoms with E-state index in [9.17, 15) is 33.1 Å². The fourth-order valence-corrected chi connectivity index (χ4v) is 3.76. The van der Waals surface area contributed by atoms with Crippen LogP contribution in [0.1, 0.15) is 36.2 Å². The quantitative estimate of drug-likeness (QED) is 0.289. The summed E-state index contributed by atoms with van der Waals surface area (Å²) >= 11 is 0. The van der Waals surface area contributed by atoms with Crippen molar-refractivity contribution in [1.29, 1.82) is 0 Å². The van der Waals surface area contributed by atoms with Gasteiger partial charge >= 0.3 is 0 Å². The topological polar surface area (TPSA) is 116 Å². The van der Waals surface area contributed by atoms with E-state index in [2.05, 4.69) is 10.6 Å². The Morgan fingerprint density at radius 2 is 1.69 bits per heavy atom. The highest BCUT2D eigenvalue weighted by molar-refractivity contribution is 5.99. The average Bonchev–Trinajstić information content (AvgIpc) is 2.83. The van der Waals surface area contributed by atoms with Crippen LogP contribution in [0.25, 0.3) is 0 Å². The fraction of sp³-hybridized carbons (Fsp3) is 0.308. The second kappa shape index (κ2) is 10.7. The van der Waals surface area contributed by atoms with Gasteiger partial charge in [-0.3, -0.25) is 19.2 Å². The molecule has 1 atom stereocenters. The maximum atomic E-state index is 13.9. The van der Waals surface area contributed by atoms with E-state index in [1.807, 2.05) is 0 Å². The number of rotatable bonds is 10. The molecule has 0 fully saturated rings. The lowest BCUT2D eigenvalue weighted by Crippen LogP contribution is -2.43. The number of benzene rings is 2. The monoisotopic (exact) mass is 499 g/mol. The van der Waals surface area contributed by atoms with E-state index in [-0.39, 0.29) is 52.7 Å². The standard InChI is InChI=1S/C26H27F2N3O5/c1-13(2)20(19(32)11-8-14-12-15(27)9-10-17(14)28)30-22-21(24(34)25(22)35)29-18-7-5-6-16(23(18)33)26(36)31(3)4/h5-7,9-10,12-13,20,29-30,33H,8,11H2,1-4H3/t20-/m1/s1. The van der Waals surface area contributed by atoms with Crippen molar-refractivity contribution >= 4 is 28.8 Å². The van der Waals surface area contributed by atoms with E-state index in [1.165, 1.54) is 37.2 Å². The van der Waals surface area contributed by atoms with E-state index in [0.29, 0.717) is 0 Å². The first-order chi connectivity index (χ1) is 16.9. The summed E-state index contributed by atoms with van der Waals surface area (Å²) in [4.78, 5) is 51.1. The maximum absolute atomic E-state index is 13.9. The van der Waals surface area contributed by atoms with Gasteiger partial charge in [-0.25, -0.2) is 8.78 Å². The van der Waals surface area contributed by atoms with Crippen molar-refractivity contribution in [2.75, 3.05) is 24.7 Å². The summed E-state index contributed by atoms with van der Waals surface area (Å²) in [6.45, 7) is 3.47. The molecule has 3 rings (SSSR count). The molecule has 0 radical (unpaired) electrons. The molecule has 0 aliphatic rings.